The second kappa shape index (κ2) is 10.8. The van der Waals surface area contributed by atoms with Crippen molar-refractivity contribution in [3.63, 3.8) is 0 Å². The molecule has 0 unspecified atom stereocenters. The summed E-state index contributed by atoms with van der Waals surface area (Å²) in [6, 6.07) is 25.7. The second-order valence-electron chi connectivity index (χ2n) is 11.4. The average Bonchev–Trinajstić information content (AvgIpc) is 3.77. The number of carbonyl (C=O) groups is 1. The first-order valence-corrected chi connectivity index (χ1v) is 15.0. The van der Waals surface area contributed by atoms with Crippen molar-refractivity contribution in [2.45, 2.75) is 20.4 Å². The summed E-state index contributed by atoms with van der Waals surface area (Å²) < 4.78 is 1.84. The second-order valence-corrected chi connectivity index (χ2v) is 11.4. The molecule has 0 bridgehead atoms. The van der Waals surface area contributed by atoms with Gasteiger partial charge in [-0.1, -0.05) is 42.5 Å². The fraction of sp³-hybridized carbons (Fsp3) is 0.111. The molecule has 0 spiro atoms. The van der Waals surface area contributed by atoms with Crippen LogP contribution in [0.2, 0.25) is 0 Å². The molecule has 1 amide bonds. The summed E-state index contributed by atoms with van der Waals surface area (Å²) in [4.78, 5) is 39.5. The lowest BCUT2D eigenvalue weighted by Gasteiger charge is -2.21. The molecule has 0 atom stereocenters. The first-order valence-electron chi connectivity index (χ1n) is 15.0. The number of anilines is 4. The Morgan fingerprint density at radius 3 is 2.50 bits per heavy atom. The molecule has 4 aromatic heterocycles. The summed E-state index contributed by atoms with van der Waals surface area (Å²) in [6.07, 6.45) is 7.06. The number of rotatable bonds is 6. The van der Waals surface area contributed by atoms with Crippen LogP contribution in [0.25, 0.3) is 33.4 Å². The molecule has 1 aliphatic rings. The Morgan fingerprint density at radius 1 is 0.891 bits per heavy atom. The maximum absolute atomic E-state index is 13.8. The highest BCUT2D eigenvalue weighted by Gasteiger charge is 2.32. The van der Waals surface area contributed by atoms with Crippen LogP contribution in [0.15, 0.2) is 104 Å². The van der Waals surface area contributed by atoms with Gasteiger partial charge in [0.15, 0.2) is 5.82 Å². The fourth-order valence-corrected chi connectivity index (χ4v) is 6.17. The minimum absolute atomic E-state index is 0.0424. The van der Waals surface area contributed by atoms with Crippen LogP contribution in [0.3, 0.4) is 0 Å². The van der Waals surface area contributed by atoms with E-state index in [-0.39, 0.29) is 5.91 Å². The fourth-order valence-electron chi connectivity index (χ4n) is 6.17. The van der Waals surface area contributed by atoms with Crippen LogP contribution in [-0.4, -0.2) is 40.6 Å². The zero-order valence-corrected chi connectivity index (χ0v) is 25.5. The van der Waals surface area contributed by atoms with Crippen LogP contribution >= 0.6 is 0 Å². The number of H-pyrrole nitrogens is 1. The quantitative estimate of drug-likeness (QED) is 0.217. The molecule has 1 N–H and O–H groups in total. The summed E-state index contributed by atoms with van der Waals surface area (Å²) in [6.45, 7) is 4.47. The number of benzene rings is 3. The highest BCUT2D eigenvalue weighted by Crippen LogP contribution is 2.40. The SMILES string of the molecule is Cc1cnc(N(c2ccccc2)c2cc(C)n(C)n2)nc1-c1c[nH]c2c(N3Cc4c(cccc4-c4ccncn4)C3=O)cccc12. The van der Waals surface area contributed by atoms with Gasteiger partial charge in [-0.3, -0.25) is 14.4 Å². The number of aromatic amines is 1. The third-order valence-corrected chi connectivity index (χ3v) is 8.57. The topological polar surface area (TPSA) is 109 Å². The van der Waals surface area contributed by atoms with E-state index in [4.69, 9.17) is 15.1 Å². The highest BCUT2D eigenvalue weighted by atomic mass is 16.2. The van der Waals surface area contributed by atoms with Crippen LogP contribution in [0.4, 0.5) is 23.1 Å². The number of nitrogens with zero attached hydrogens (tertiary/aromatic N) is 8. The van der Waals surface area contributed by atoms with Crippen molar-refractivity contribution in [3.8, 4) is 22.5 Å². The summed E-state index contributed by atoms with van der Waals surface area (Å²) in [5.41, 5.74) is 9.62. The summed E-state index contributed by atoms with van der Waals surface area (Å²) in [5.74, 6) is 1.20. The van der Waals surface area contributed by atoms with Gasteiger partial charge in [0.05, 0.1) is 34.8 Å². The van der Waals surface area contributed by atoms with E-state index >= 15 is 0 Å². The van der Waals surface area contributed by atoms with Crippen molar-refractivity contribution in [1.29, 1.82) is 0 Å². The van der Waals surface area contributed by atoms with Crippen LogP contribution in [0.5, 0.6) is 0 Å². The minimum Gasteiger partial charge on any atom is -0.359 e. The van der Waals surface area contributed by atoms with Gasteiger partial charge in [0.2, 0.25) is 5.95 Å². The van der Waals surface area contributed by atoms with Crippen molar-refractivity contribution in [3.05, 3.63) is 126 Å². The molecule has 0 fully saturated rings. The average molecular weight is 604 g/mol. The van der Waals surface area contributed by atoms with Gasteiger partial charge in [0, 0.05) is 59.5 Å². The molecule has 10 nitrogen and oxygen atoms in total. The summed E-state index contributed by atoms with van der Waals surface area (Å²) in [5, 5.41) is 5.71. The van der Waals surface area contributed by atoms with Gasteiger partial charge in [-0.15, -0.1) is 0 Å². The number of fused-ring (bicyclic) bond motifs is 2. The monoisotopic (exact) mass is 603 g/mol. The van der Waals surface area contributed by atoms with E-state index < -0.39 is 0 Å². The van der Waals surface area contributed by atoms with Gasteiger partial charge >= 0.3 is 0 Å². The van der Waals surface area contributed by atoms with E-state index in [1.165, 1.54) is 6.33 Å². The van der Waals surface area contributed by atoms with Gasteiger partial charge in [-0.2, -0.15) is 5.10 Å². The van der Waals surface area contributed by atoms with Crippen molar-refractivity contribution in [2.75, 3.05) is 9.80 Å². The molecule has 3 aromatic carbocycles. The molecule has 0 saturated heterocycles. The molecule has 8 rings (SSSR count). The predicted octanol–water partition coefficient (Wildman–Crippen LogP) is 7.06. The molecule has 46 heavy (non-hydrogen) atoms. The standard InChI is InChI=1S/C36H29N9O/c1-22-18-39-36(45(24-9-5-4-6-10-24)32-17-23(2)43(3)42-32)41-33(22)28-19-38-34-26(28)12-8-14-31(34)44-20-29-25(30-15-16-37-21-40-30)11-7-13-27(29)35(44)46/h4-19,21,38H,20H2,1-3H3. The van der Waals surface area contributed by atoms with E-state index in [2.05, 4.69) is 21.0 Å². The third kappa shape index (κ3) is 4.42. The van der Waals surface area contributed by atoms with E-state index in [0.717, 1.165) is 67.4 Å². The number of carbonyl (C=O) groups excluding carboxylic acids is 1. The largest absolute Gasteiger partial charge is 0.359 e. The van der Waals surface area contributed by atoms with E-state index in [1.807, 2.05) is 121 Å². The zero-order chi connectivity index (χ0) is 31.4. The molecular weight excluding hydrogens is 574 g/mol. The van der Waals surface area contributed by atoms with Crippen LogP contribution in [0.1, 0.15) is 27.2 Å². The Bertz CT molecular complexity index is 2240. The third-order valence-electron chi connectivity index (χ3n) is 8.57. The van der Waals surface area contributed by atoms with Crippen LogP contribution < -0.4 is 9.80 Å². The van der Waals surface area contributed by atoms with Crippen LogP contribution in [-0.2, 0) is 13.6 Å². The Balaban J connectivity index is 1.21. The zero-order valence-electron chi connectivity index (χ0n) is 25.5. The van der Waals surface area contributed by atoms with Gasteiger partial charge in [0.25, 0.3) is 5.91 Å². The minimum atomic E-state index is -0.0424. The molecule has 0 saturated carbocycles. The Hall–Kier alpha value is -6.16. The van der Waals surface area contributed by atoms with Crippen LogP contribution in [0, 0.1) is 13.8 Å². The van der Waals surface area contributed by atoms with E-state index in [1.54, 1.807) is 6.20 Å². The molecule has 7 aromatic rings. The Morgan fingerprint density at radius 2 is 1.72 bits per heavy atom. The lowest BCUT2D eigenvalue weighted by atomic mass is 10.0. The maximum atomic E-state index is 13.8. The first kappa shape index (κ1) is 27.4. The smallest absolute Gasteiger partial charge is 0.259 e. The van der Waals surface area contributed by atoms with Crippen molar-refractivity contribution in [1.82, 2.24) is 34.7 Å². The number of amides is 1. The molecular formula is C36H29N9O. The van der Waals surface area contributed by atoms with Crippen molar-refractivity contribution in [2.24, 2.45) is 7.05 Å². The number of aromatic nitrogens is 7. The molecule has 1 aliphatic heterocycles. The number of hydrogen-bond acceptors (Lipinski definition) is 7. The number of para-hydroxylation sites is 2. The van der Waals surface area contributed by atoms with Gasteiger partial charge in [0.1, 0.15) is 6.33 Å². The normalized spacial score (nSPS) is 12.6. The van der Waals surface area contributed by atoms with E-state index in [0.29, 0.717) is 18.1 Å². The lowest BCUT2D eigenvalue weighted by Crippen LogP contribution is -2.23. The van der Waals surface area contributed by atoms with Gasteiger partial charge in [-0.25, -0.2) is 19.9 Å². The molecule has 224 valence electrons. The molecule has 0 aliphatic carbocycles. The van der Waals surface area contributed by atoms with Crippen molar-refractivity contribution >= 4 is 40.0 Å². The molecule has 10 heteroatoms. The molecule has 5 heterocycles. The van der Waals surface area contributed by atoms with Gasteiger partial charge < -0.3 is 9.88 Å². The lowest BCUT2D eigenvalue weighted by molar-refractivity contribution is 0.0997. The maximum Gasteiger partial charge on any atom is 0.259 e. The Labute approximate surface area is 265 Å². The van der Waals surface area contributed by atoms with Gasteiger partial charge in [-0.05, 0) is 55.3 Å². The number of hydrogen-bond donors (Lipinski definition) is 1. The Kier molecular flexibility index (Phi) is 6.42. The van der Waals surface area contributed by atoms with Crippen molar-refractivity contribution < 1.29 is 4.79 Å². The molecule has 0 radical (unpaired) electrons. The predicted molar refractivity (Wildman–Crippen MR) is 178 cm³/mol. The number of aryl methyl sites for hydroxylation is 3. The highest BCUT2D eigenvalue weighted by molar-refractivity contribution is 6.15. The first-order chi connectivity index (χ1) is 22.5. The number of nitrogens with one attached hydrogen (secondary N) is 1. The summed E-state index contributed by atoms with van der Waals surface area (Å²) >= 11 is 0. The van der Waals surface area contributed by atoms with E-state index in [9.17, 15) is 4.79 Å². The summed E-state index contributed by atoms with van der Waals surface area (Å²) in [7, 11) is 1.92.